The molecule has 3 saturated heterocycles. The Hall–Kier alpha value is -6.36. The van der Waals surface area contributed by atoms with E-state index in [1.54, 1.807) is 52.4 Å². The smallest absolute Gasteiger partial charge is 0.328 e. The second-order valence-electron chi connectivity index (χ2n) is 14.3. The Morgan fingerprint density at radius 3 is 2.42 bits per heavy atom. The number of aromatic nitrogens is 5. The maximum absolute atomic E-state index is 13.0. The molecule has 6 heterocycles. The molecule has 18 nitrogen and oxygen atoms in total. The second kappa shape index (κ2) is 16.0. The van der Waals surface area contributed by atoms with Crippen LogP contribution in [0.5, 0.6) is 0 Å². The summed E-state index contributed by atoms with van der Waals surface area (Å²) >= 11 is 0. The Kier molecular flexibility index (Phi) is 10.6. The number of benzene rings is 2. The molecule has 3 fully saturated rings. The molecule has 2 aromatic carbocycles. The van der Waals surface area contributed by atoms with Crippen LogP contribution in [0.1, 0.15) is 29.6 Å². The molecule has 3 aromatic heterocycles. The largest absolute Gasteiger partial charge is 0.369 e. The van der Waals surface area contributed by atoms with E-state index in [-0.39, 0.29) is 37.4 Å². The van der Waals surface area contributed by atoms with E-state index < -0.39 is 16.4 Å². The third-order valence-electron chi connectivity index (χ3n) is 10.6. The Labute approximate surface area is 329 Å². The number of amides is 4. The van der Waals surface area contributed by atoms with Crippen LogP contribution in [0.2, 0.25) is 0 Å². The Balaban J connectivity index is 0.807. The van der Waals surface area contributed by atoms with E-state index in [1.807, 2.05) is 30.3 Å². The molecule has 19 heteroatoms. The summed E-state index contributed by atoms with van der Waals surface area (Å²) in [4.78, 5) is 55.4. The molecule has 0 aliphatic carbocycles. The van der Waals surface area contributed by atoms with Gasteiger partial charge >= 0.3 is 6.03 Å². The summed E-state index contributed by atoms with van der Waals surface area (Å²) in [6.45, 7) is 5.71. The van der Waals surface area contributed by atoms with Gasteiger partial charge in [0, 0.05) is 105 Å². The highest BCUT2D eigenvalue weighted by molar-refractivity contribution is 7.69. The van der Waals surface area contributed by atoms with Crippen molar-refractivity contribution in [3.63, 3.8) is 0 Å². The molecule has 4 amide bonds. The lowest BCUT2D eigenvalue weighted by atomic mass is 9.89. The summed E-state index contributed by atoms with van der Waals surface area (Å²) in [5.74, 6) is -0.0721. The Morgan fingerprint density at radius 1 is 0.947 bits per heavy atom. The quantitative estimate of drug-likeness (QED) is 0.0859. The van der Waals surface area contributed by atoms with Gasteiger partial charge < -0.3 is 20.5 Å². The van der Waals surface area contributed by atoms with Crippen LogP contribution < -0.4 is 25.8 Å². The van der Waals surface area contributed by atoms with Gasteiger partial charge in [-0.15, -0.1) is 0 Å². The van der Waals surface area contributed by atoms with Crippen molar-refractivity contribution in [3.05, 3.63) is 78.8 Å². The fraction of sp³-hybridized carbons (Fsp3) is 0.342. The third kappa shape index (κ3) is 8.00. The number of nitriles is 1. The number of hydrogen-bond acceptors (Lipinski definition) is 12. The number of imide groups is 1. The van der Waals surface area contributed by atoms with Gasteiger partial charge in [0.2, 0.25) is 22.7 Å². The zero-order valence-electron chi connectivity index (χ0n) is 30.9. The lowest BCUT2D eigenvalue weighted by molar-refractivity contribution is -0.120. The molecule has 57 heavy (non-hydrogen) atoms. The Morgan fingerprint density at radius 2 is 1.70 bits per heavy atom. The van der Waals surface area contributed by atoms with E-state index in [9.17, 15) is 28.1 Å². The first kappa shape index (κ1) is 37.6. The highest BCUT2D eigenvalue weighted by Gasteiger charge is 2.47. The summed E-state index contributed by atoms with van der Waals surface area (Å²) in [5, 5.41) is 23.3. The highest BCUT2D eigenvalue weighted by Crippen LogP contribution is 2.35. The molecule has 0 spiro atoms. The van der Waals surface area contributed by atoms with Gasteiger partial charge in [0.15, 0.2) is 0 Å². The number of anilines is 4. The van der Waals surface area contributed by atoms with E-state index in [0.29, 0.717) is 53.6 Å². The van der Waals surface area contributed by atoms with E-state index in [0.717, 1.165) is 55.9 Å². The fourth-order valence-corrected chi connectivity index (χ4v) is 8.24. The molecular formula is C38H41N13O5S. The molecule has 3 aliphatic heterocycles. The Bertz CT molecular complexity index is 2400. The van der Waals surface area contributed by atoms with Gasteiger partial charge in [-0.25, -0.2) is 18.2 Å². The molecule has 0 saturated carbocycles. The maximum atomic E-state index is 13.0. The van der Waals surface area contributed by atoms with Crippen molar-refractivity contribution in [2.24, 2.45) is 0 Å². The normalized spacial score (nSPS) is 17.3. The summed E-state index contributed by atoms with van der Waals surface area (Å²) in [6.07, 6.45) is 6.43. The van der Waals surface area contributed by atoms with Crippen LogP contribution in [0.25, 0.3) is 22.3 Å². The molecule has 4 N–H and O–H groups in total. The third-order valence-corrected chi connectivity index (χ3v) is 11.4. The van der Waals surface area contributed by atoms with Gasteiger partial charge in [-0.3, -0.25) is 29.4 Å². The van der Waals surface area contributed by atoms with Gasteiger partial charge in [0.1, 0.15) is 11.2 Å². The SMILES string of the molecule is N#CCC1(n2cc(-c3nc(Nc4ccc(C(=O)NCCCN5CCN(c6ccc(N7CCC(=O)NC7=O)cc6)CC5)cc4)nc4[nH]ccc34)cn2)CN([SH](=O)=O)C1. The van der Waals surface area contributed by atoms with Crippen molar-refractivity contribution in [2.45, 2.75) is 24.8 Å². The number of thiol groups is 1. The van der Waals surface area contributed by atoms with Crippen molar-refractivity contribution in [1.82, 2.24) is 44.6 Å². The van der Waals surface area contributed by atoms with Crippen LogP contribution in [0.3, 0.4) is 0 Å². The topological polar surface area (TPSA) is 218 Å². The molecule has 0 atom stereocenters. The minimum atomic E-state index is -2.73. The van der Waals surface area contributed by atoms with Crippen molar-refractivity contribution in [2.75, 3.05) is 74.0 Å². The number of hydrogen-bond donors (Lipinski definition) is 5. The summed E-state index contributed by atoms with van der Waals surface area (Å²) in [6, 6.07) is 18.6. The zero-order valence-corrected chi connectivity index (χ0v) is 31.8. The van der Waals surface area contributed by atoms with Crippen molar-refractivity contribution in [1.29, 1.82) is 5.26 Å². The molecule has 8 rings (SSSR count). The lowest BCUT2D eigenvalue weighted by Crippen LogP contribution is -2.61. The van der Waals surface area contributed by atoms with E-state index in [4.69, 9.17) is 4.98 Å². The van der Waals surface area contributed by atoms with Crippen LogP contribution in [-0.4, -0.2) is 119 Å². The van der Waals surface area contributed by atoms with E-state index in [2.05, 4.69) is 46.9 Å². The van der Waals surface area contributed by atoms with Crippen molar-refractivity contribution >= 4 is 62.8 Å². The number of nitrogens with one attached hydrogen (secondary N) is 4. The summed E-state index contributed by atoms with van der Waals surface area (Å²) in [5.41, 5.74) is 4.26. The first-order chi connectivity index (χ1) is 27.7. The molecule has 0 bridgehead atoms. The van der Waals surface area contributed by atoms with Crippen LogP contribution >= 0.6 is 0 Å². The van der Waals surface area contributed by atoms with Gasteiger partial charge in [-0.2, -0.15) is 19.6 Å². The number of aromatic amines is 1. The molecular weight excluding hydrogens is 751 g/mol. The van der Waals surface area contributed by atoms with Gasteiger partial charge in [0.05, 0.1) is 24.4 Å². The number of rotatable bonds is 13. The van der Waals surface area contributed by atoms with Crippen molar-refractivity contribution < 1.29 is 22.8 Å². The number of H-pyrrole nitrogens is 1. The van der Waals surface area contributed by atoms with Gasteiger partial charge in [-0.05, 0) is 67.6 Å². The molecule has 0 radical (unpaired) electrons. The molecule has 0 unspecified atom stereocenters. The minimum absolute atomic E-state index is 0.116. The lowest BCUT2D eigenvalue weighted by Gasteiger charge is -2.45. The van der Waals surface area contributed by atoms with E-state index in [1.165, 1.54) is 4.31 Å². The molecule has 5 aromatic rings. The standard InChI is InChI=1S/C38H41N13O5S/c39-13-12-38(24-49(25-38)57(55)56)51-23-27(22-42-51)33-31-10-15-40-34(31)46-36(45-33)43-28-4-2-26(3-5-28)35(53)41-14-1-16-47-18-20-48(21-19-47)29-6-8-30(9-7-29)50-17-11-32(52)44-37(50)54/h2-10,15,22-23,57H,1,11-12,14,16-21,24-25H2,(H,41,53)(H,44,52,54)(H2,40,43,45,46). The zero-order chi connectivity index (χ0) is 39.5. The van der Waals surface area contributed by atoms with Crippen LogP contribution in [-0.2, 0) is 21.2 Å². The number of fused-ring (bicyclic) bond motifs is 1. The minimum Gasteiger partial charge on any atom is -0.369 e. The monoisotopic (exact) mass is 791 g/mol. The first-order valence-electron chi connectivity index (χ1n) is 18.7. The van der Waals surface area contributed by atoms with Gasteiger partial charge in [0.25, 0.3) is 5.91 Å². The van der Waals surface area contributed by atoms with Crippen LogP contribution in [0.15, 0.2) is 73.2 Å². The summed E-state index contributed by atoms with van der Waals surface area (Å²) in [7, 11) is -2.73. The summed E-state index contributed by atoms with van der Waals surface area (Å²) < 4.78 is 25.9. The highest BCUT2D eigenvalue weighted by atomic mass is 32.2. The number of carbonyl (C=O) groups is 3. The fourth-order valence-electron chi connectivity index (χ4n) is 7.48. The van der Waals surface area contributed by atoms with E-state index >= 15 is 0 Å². The van der Waals surface area contributed by atoms with Crippen molar-refractivity contribution in [3.8, 4) is 17.3 Å². The number of carbonyl (C=O) groups excluding carboxylic acids is 3. The number of urea groups is 1. The number of nitrogens with zero attached hydrogens (tertiary/aromatic N) is 9. The average Bonchev–Trinajstić information content (AvgIpc) is 3.89. The second-order valence-corrected chi connectivity index (χ2v) is 15.4. The first-order valence-corrected chi connectivity index (χ1v) is 19.8. The molecule has 294 valence electrons. The predicted octanol–water partition coefficient (Wildman–Crippen LogP) is 2.40. The number of piperazine rings is 1. The van der Waals surface area contributed by atoms with Crippen LogP contribution in [0.4, 0.5) is 27.8 Å². The van der Waals surface area contributed by atoms with Crippen LogP contribution in [0, 0.1) is 11.3 Å². The average molecular weight is 792 g/mol. The maximum Gasteiger partial charge on any atom is 0.328 e. The van der Waals surface area contributed by atoms with Gasteiger partial charge in [-0.1, -0.05) is 0 Å². The predicted molar refractivity (Wildman–Crippen MR) is 212 cm³/mol. The molecule has 3 aliphatic rings.